The molecule has 28 heavy (non-hydrogen) atoms. The van der Waals surface area contributed by atoms with E-state index in [4.69, 9.17) is 9.47 Å². The summed E-state index contributed by atoms with van der Waals surface area (Å²) < 4.78 is 11.8. The summed E-state index contributed by atoms with van der Waals surface area (Å²) in [7, 11) is 1.52. The van der Waals surface area contributed by atoms with E-state index in [9.17, 15) is 9.59 Å². The molecular formula is C21H23BrN2O4. The monoisotopic (exact) mass is 446 g/mol. The van der Waals surface area contributed by atoms with Crippen LogP contribution >= 0.6 is 15.9 Å². The van der Waals surface area contributed by atoms with E-state index in [1.807, 2.05) is 31.2 Å². The number of ether oxygens (including phenoxy) is 2. The van der Waals surface area contributed by atoms with Crippen LogP contribution in [0.5, 0.6) is 11.5 Å². The third kappa shape index (κ3) is 4.30. The van der Waals surface area contributed by atoms with E-state index in [0.717, 1.165) is 29.3 Å². The molecule has 0 bridgehead atoms. The van der Waals surface area contributed by atoms with Crippen LogP contribution < -0.4 is 20.3 Å². The Labute approximate surface area is 172 Å². The Morgan fingerprint density at radius 1 is 1.07 bits per heavy atom. The number of rotatable bonds is 7. The molecule has 1 saturated carbocycles. The van der Waals surface area contributed by atoms with Crippen LogP contribution in [-0.4, -0.2) is 25.5 Å². The second-order valence-electron chi connectivity index (χ2n) is 6.71. The van der Waals surface area contributed by atoms with Crippen LogP contribution in [0.15, 0.2) is 46.9 Å². The molecule has 0 unspecified atom stereocenters. The van der Waals surface area contributed by atoms with Gasteiger partial charge in [-0.05, 0) is 55.2 Å². The van der Waals surface area contributed by atoms with Crippen LogP contribution in [0.2, 0.25) is 0 Å². The van der Waals surface area contributed by atoms with E-state index in [-0.39, 0.29) is 5.91 Å². The van der Waals surface area contributed by atoms with Gasteiger partial charge >= 0.3 is 0 Å². The molecule has 6 nitrogen and oxygen atoms in total. The standard InChI is InChI=1S/C21H23BrN2O4/c1-3-12-28-17-9-4-14(13-18(17)27-2)19(25)23-24-20(26)21(10-11-21)15-5-7-16(22)8-6-15/h4-9,13H,3,10-12H2,1-2H3,(H,23,25)(H,24,26). The number of carbonyl (C=O) groups is 2. The molecule has 2 aromatic rings. The molecule has 0 saturated heterocycles. The Hall–Kier alpha value is -2.54. The molecule has 7 heteroatoms. The van der Waals surface area contributed by atoms with Crippen molar-refractivity contribution < 1.29 is 19.1 Å². The number of benzene rings is 2. The maximum Gasteiger partial charge on any atom is 0.269 e. The van der Waals surface area contributed by atoms with Crippen LogP contribution in [0.4, 0.5) is 0 Å². The van der Waals surface area contributed by atoms with Crippen molar-refractivity contribution in [3.8, 4) is 11.5 Å². The summed E-state index contributed by atoms with van der Waals surface area (Å²) in [4.78, 5) is 25.1. The fraction of sp³-hybridized carbons (Fsp3) is 0.333. The first-order chi connectivity index (χ1) is 13.5. The van der Waals surface area contributed by atoms with E-state index in [2.05, 4.69) is 26.8 Å². The maximum atomic E-state index is 12.7. The van der Waals surface area contributed by atoms with Crippen molar-refractivity contribution >= 4 is 27.7 Å². The summed E-state index contributed by atoms with van der Waals surface area (Å²) in [6.07, 6.45) is 2.39. The lowest BCUT2D eigenvalue weighted by Crippen LogP contribution is -2.46. The lowest BCUT2D eigenvalue weighted by molar-refractivity contribution is -0.124. The summed E-state index contributed by atoms with van der Waals surface area (Å²) >= 11 is 3.40. The van der Waals surface area contributed by atoms with Crippen LogP contribution in [0.3, 0.4) is 0 Å². The maximum absolute atomic E-state index is 12.7. The highest BCUT2D eigenvalue weighted by molar-refractivity contribution is 9.10. The van der Waals surface area contributed by atoms with Gasteiger partial charge in [0.2, 0.25) is 5.91 Å². The number of halogens is 1. The van der Waals surface area contributed by atoms with Crippen LogP contribution in [-0.2, 0) is 10.2 Å². The average Bonchev–Trinajstić information content (AvgIpc) is 3.52. The Morgan fingerprint density at radius 2 is 1.79 bits per heavy atom. The molecule has 3 rings (SSSR count). The van der Waals surface area contributed by atoms with Crippen molar-refractivity contribution in [3.63, 3.8) is 0 Å². The molecule has 0 aliphatic heterocycles. The van der Waals surface area contributed by atoms with Gasteiger partial charge in [-0.2, -0.15) is 0 Å². The lowest BCUT2D eigenvalue weighted by Gasteiger charge is -2.17. The molecule has 2 N–H and O–H groups in total. The highest BCUT2D eigenvalue weighted by Gasteiger charge is 2.51. The third-order valence-corrected chi connectivity index (χ3v) is 5.29. The quantitative estimate of drug-likeness (QED) is 0.635. The van der Waals surface area contributed by atoms with Gasteiger partial charge in [-0.15, -0.1) is 0 Å². The summed E-state index contributed by atoms with van der Waals surface area (Å²) in [6.45, 7) is 2.58. The van der Waals surface area contributed by atoms with Crippen LogP contribution in [0, 0.1) is 0 Å². The van der Waals surface area contributed by atoms with Crippen LogP contribution in [0.25, 0.3) is 0 Å². The molecule has 1 aliphatic carbocycles. The third-order valence-electron chi connectivity index (χ3n) is 4.76. The van der Waals surface area contributed by atoms with Gasteiger partial charge in [0, 0.05) is 10.0 Å². The lowest BCUT2D eigenvalue weighted by atomic mass is 9.95. The summed E-state index contributed by atoms with van der Waals surface area (Å²) in [5.74, 6) is 0.427. The van der Waals surface area contributed by atoms with E-state index in [1.54, 1.807) is 18.2 Å². The van der Waals surface area contributed by atoms with Gasteiger partial charge in [-0.25, -0.2) is 0 Å². The van der Waals surface area contributed by atoms with E-state index < -0.39 is 11.3 Å². The summed E-state index contributed by atoms with van der Waals surface area (Å²) in [5.41, 5.74) is 5.81. The van der Waals surface area contributed by atoms with Gasteiger partial charge in [0.15, 0.2) is 11.5 Å². The first kappa shape index (κ1) is 20.2. The molecule has 0 heterocycles. The molecule has 1 fully saturated rings. The highest BCUT2D eigenvalue weighted by atomic mass is 79.9. The molecule has 2 aromatic carbocycles. The van der Waals surface area contributed by atoms with Gasteiger partial charge in [-0.3, -0.25) is 20.4 Å². The molecule has 2 amide bonds. The van der Waals surface area contributed by atoms with Crippen molar-refractivity contribution in [2.75, 3.05) is 13.7 Å². The number of hydrogen-bond acceptors (Lipinski definition) is 4. The Kier molecular flexibility index (Phi) is 6.24. The van der Waals surface area contributed by atoms with Crippen molar-refractivity contribution in [2.24, 2.45) is 0 Å². The zero-order valence-corrected chi connectivity index (χ0v) is 17.5. The predicted octanol–water partition coefficient (Wildman–Crippen LogP) is 3.74. The van der Waals surface area contributed by atoms with Crippen LogP contribution in [0.1, 0.15) is 42.1 Å². The second-order valence-corrected chi connectivity index (χ2v) is 7.63. The van der Waals surface area contributed by atoms with Gasteiger partial charge < -0.3 is 9.47 Å². The largest absolute Gasteiger partial charge is 0.493 e. The minimum absolute atomic E-state index is 0.210. The number of amides is 2. The number of hydrazine groups is 1. The Morgan fingerprint density at radius 3 is 2.39 bits per heavy atom. The number of hydrogen-bond donors (Lipinski definition) is 2. The number of methoxy groups -OCH3 is 1. The highest BCUT2D eigenvalue weighted by Crippen LogP contribution is 2.48. The first-order valence-electron chi connectivity index (χ1n) is 9.18. The molecule has 0 atom stereocenters. The fourth-order valence-electron chi connectivity index (χ4n) is 2.99. The van der Waals surface area contributed by atoms with E-state index >= 15 is 0 Å². The van der Waals surface area contributed by atoms with Crippen molar-refractivity contribution in [1.29, 1.82) is 0 Å². The van der Waals surface area contributed by atoms with Crippen molar-refractivity contribution in [3.05, 3.63) is 58.1 Å². The minimum Gasteiger partial charge on any atom is -0.493 e. The zero-order valence-electron chi connectivity index (χ0n) is 15.9. The van der Waals surface area contributed by atoms with Crippen molar-refractivity contribution in [1.82, 2.24) is 10.9 Å². The van der Waals surface area contributed by atoms with E-state index in [1.165, 1.54) is 7.11 Å². The normalized spacial score (nSPS) is 14.1. The molecule has 0 spiro atoms. The number of carbonyl (C=O) groups excluding carboxylic acids is 2. The minimum atomic E-state index is -0.566. The fourth-order valence-corrected chi connectivity index (χ4v) is 3.25. The SMILES string of the molecule is CCCOc1ccc(C(=O)NNC(=O)C2(c3ccc(Br)cc3)CC2)cc1OC. The molecule has 0 aromatic heterocycles. The second kappa shape index (κ2) is 8.65. The smallest absolute Gasteiger partial charge is 0.269 e. The molecule has 0 radical (unpaired) electrons. The summed E-state index contributed by atoms with van der Waals surface area (Å²) in [5, 5.41) is 0. The van der Waals surface area contributed by atoms with Gasteiger partial charge in [0.25, 0.3) is 5.91 Å². The summed E-state index contributed by atoms with van der Waals surface area (Å²) in [6, 6.07) is 12.6. The van der Waals surface area contributed by atoms with E-state index in [0.29, 0.717) is 23.7 Å². The molecule has 148 valence electrons. The number of nitrogens with one attached hydrogen (secondary N) is 2. The Balaban J connectivity index is 1.63. The molecular weight excluding hydrogens is 424 g/mol. The average molecular weight is 447 g/mol. The predicted molar refractivity (Wildman–Crippen MR) is 109 cm³/mol. The van der Waals surface area contributed by atoms with Gasteiger partial charge in [0.05, 0.1) is 19.1 Å². The Bertz CT molecular complexity index is 863. The van der Waals surface area contributed by atoms with Crippen molar-refractivity contribution in [2.45, 2.75) is 31.6 Å². The zero-order chi connectivity index (χ0) is 20.1. The van der Waals surface area contributed by atoms with Gasteiger partial charge in [-0.1, -0.05) is 35.0 Å². The first-order valence-corrected chi connectivity index (χ1v) is 9.97. The topological polar surface area (TPSA) is 76.7 Å². The molecule has 1 aliphatic rings. The van der Waals surface area contributed by atoms with Gasteiger partial charge in [0.1, 0.15) is 0 Å².